The Hall–Kier alpha value is -1.86. The van der Waals surface area contributed by atoms with Crippen LogP contribution in [-0.2, 0) is 0 Å². The smallest absolute Gasteiger partial charge is 0.138 e. The Kier molecular flexibility index (Phi) is 3.12. The molecule has 0 amide bonds. The number of nitrogens with one attached hydrogen (secondary N) is 1. The zero-order valence-corrected chi connectivity index (χ0v) is 10.3. The van der Waals surface area contributed by atoms with Crippen molar-refractivity contribution in [3.05, 3.63) is 35.9 Å². The summed E-state index contributed by atoms with van der Waals surface area (Å²) in [6.07, 6.45) is 3.33. The molecule has 0 aliphatic carbocycles. The first-order valence-electron chi connectivity index (χ1n) is 4.69. The molecule has 0 aliphatic rings. The lowest BCUT2D eigenvalue weighted by Crippen LogP contribution is -2.18. The Morgan fingerprint density at radius 3 is 2.24 bits per heavy atom. The minimum absolute atomic E-state index is 0.157. The monoisotopic (exact) mass is 263 g/mol. The molecule has 2 aromatic heterocycles. The highest BCUT2D eigenvalue weighted by molar-refractivity contribution is 7.81. The third kappa shape index (κ3) is 2.29. The Morgan fingerprint density at radius 1 is 1.12 bits per heavy atom. The molecule has 2 aromatic rings. The van der Waals surface area contributed by atoms with Crippen molar-refractivity contribution in [2.75, 3.05) is 0 Å². The molecule has 0 spiro atoms. The van der Waals surface area contributed by atoms with E-state index < -0.39 is 0 Å². The molecular weight excluding hydrogens is 254 g/mol. The standard InChI is InChI=1S/C10H9N5S2/c11-8(16)6-7(9(12)17)15-10(14-6)5-1-3-13-4-2-5/h1-4H,(H2,11,16)(H2,12,17)(H,14,15). The van der Waals surface area contributed by atoms with Crippen LogP contribution in [0.25, 0.3) is 11.4 Å². The van der Waals surface area contributed by atoms with Crippen LogP contribution < -0.4 is 11.5 Å². The van der Waals surface area contributed by atoms with Crippen molar-refractivity contribution < 1.29 is 0 Å². The van der Waals surface area contributed by atoms with Gasteiger partial charge in [-0.25, -0.2) is 4.98 Å². The van der Waals surface area contributed by atoms with Crippen LogP contribution in [0.15, 0.2) is 24.5 Å². The topological polar surface area (TPSA) is 93.6 Å². The number of aromatic nitrogens is 3. The van der Waals surface area contributed by atoms with Gasteiger partial charge in [0.1, 0.15) is 27.2 Å². The van der Waals surface area contributed by atoms with Crippen LogP contribution in [-0.4, -0.2) is 24.9 Å². The van der Waals surface area contributed by atoms with E-state index >= 15 is 0 Å². The van der Waals surface area contributed by atoms with E-state index in [1.807, 2.05) is 12.1 Å². The normalized spacial score (nSPS) is 10.1. The summed E-state index contributed by atoms with van der Waals surface area (Å²) in [5.41, 5.74) is 12.9. The summed E-state index contributed by atoms with van der Waals surface area (Å²) < 4.78 is 0. The van der Waals surface area contributed by atoms with E-state index in [1.54, 1.807) is 12.4 Å². The van der Waals surface area contributed by atoms with Crippen LogP contribution in [0.2, 0.25) is 0 Å². The summed E-state index contributed by atoms with van der Waals surface area (Å²) in [5, 5.41) is 0. The zero-order valence-electron chi connectivity index (χ0n) is 8.68. The molecule has 0 saturated heterocycles. The van der Waals surface area contributed by atoms with Crippen molar-refractivity contribution in [3.63, 3.8) is 0 Å². The van der Waals surface area contributed by atoms with Crippen LogP contribution >= 0.6 is 24.4 Å². The van der Waals surface area contributed by atoms with Gasteiger partial charge in [-0.05, 0) is 12.1 Å². The van der Waals surface area contributed by atoms with Crippen molar-refractivity contribution in [1.82, 2.24) is 15.0 Å². The van der Waals surface area contributed by atoms with Gasteiger partial charge < -0.3 is 16.5 Å². The average Bonchev–Trinajstić information content (AvgIpc) is 2.75. The lowest BCUT2D eigenvalue weighted by Gasteiger charge is -1.95. The van der Waals surface area contributed by atoms with Gasteiger partial charge in [0.05, 0.1) is 0 Å². The van der Waals surface area contributed by atoms with Crippen LogP contribution in [0.5, 0.6) is 0 Å². The molecule has 0 fully saturated rings. The number of thiocarbonyl (C=S) groups is 2. The fourth-order valence-electron chi connectivity index (χ4n) is 1.38. The summed E-state index contributed by atoms with van der Waals surface area (Å²) in [5.74, 6) is 0.609. The summed E-state index contributed by atoms with van der Waals surface area (Å²) in [4.78, 5) is 11.6. The minimum Gasteiger partial charge on any atom is -0.388 e. The third-order valence-corrected chi connectivity index (χ3v) is 2.53. The van der Waals surface area contributed by atoms with Crippen molar-refractivity contribution in [1.29, 1.82) is 0 Å². The fourth-order valence-corrected chi connectivity index (χ4v) is 1.67. The van der Waals surface area contributed by atoms with E-state index in [1.165, 1.54) is 0 Å². The second kappa shape index (κ2) is 4.56. The number of imidazole rings is 1. The highest BCUT2D eigenvalue weighted by Crippen LogP contribution is 2.17. The number of nitrogens with zero attached hydrogens (tertiary/aromatic N) is 2. The maximum Gasteiger partial charge on any atom is 0.138 e. The van der Waals surface area contributed by atoms with E-state index in [9.17, 15) is 0 Å². The maximum atomic E-state index is 5.58. The van der Waals surface area contributed by atoms with Gasteiger partial charge >= 0.3 is 0 Å². The molecule has 0 atom stereocenters. The van der Waals surface area contributed by atoms with Gasteiger partial charge in [-0.2, -0.15) is 0 Å². The third-order valence-electron chi connectivity index (χ3n) is 2.14. The Labute approximate surface area is 108 Å². The molecule has 0 radical (unpaired) electrons. The first-order chi connectivity index (χ1) is 8.09. The first kappa shape index (κ1) is 11.6. The molecule has 7 heteroatoms. The van der Waals surface area contributed by atoms with Crippen molar-refractivity contribution in [3.8, 4) is 11.4 Å². The summed E-state index contributed by atoms with van der Waals surface area (Å²) in [6.45, 7) is 0. The lowest BCUT2D eigenvalue weighted by atomic mass is 10.2. The molecular formula is C10H9N5S2. The lowest BCUT2D eigenvalue weighted by molar-refractivity contribution is 1.26. The van der Waals surface area contributed by atoms with Crippen molar-refractivity contribution in [2.45, 2.75) is 0 Å². The molecule has 0 aliphatic heterocycles. The Bertz CT molecular complexity index is 544. The molecule has 2 rings (SSSR count). The predicted octanol–water partition coefficient (Wildman–Crippen LogP) is 0.740. The highest BCUT2D eigenvalue weighted by atomic mass is 32.1. The molecule has 0 aromatic carbocycles. The Balaban J connectivity index is 2.55. The number of pyridine rings is 1. The number of aromatic amines is 1. The van der Waals surface area contributed by atoms with Gasteiger partial charge in [0, 0.05) is 18.0 Å². The zero-order chi connectivity index (χ0) is 12.4. The molecule has 0 bridgehead atoms. The second-order valence-electron chi connectivity index (χ2n) is 3.27. The molecule has 86 valence electrons. The van der Waals surface area contributed by atoms with Gasteiger partial charge in [0.15, 0.2) is 0 Å². The van der Waals surface area contributed by atoms with E-state index in [2.05, 4.69) is 15.0 Å². The van der Waals surface area contributed by atoms with Gasteiger partial charge in [-0.15, -0.1) is 0 Å². The van der Waals surface area contributed by atoms with Crippen molar-refractivity contribution >= 4 is 34.4 Å². The van der Waals surface area contributed by atoms with E-state index in [4.69, 9.17) is 35.9 Å². The molecule has 5 nitrogen and oxygen atoms in total. The number of rotatable bonds is 3. The number of nitrogens with two attached hydrogens (primary N) is 2. The molecule has 0 saturated carbocycles. The number of hydrogen-bond donors (Lipinski definition) is 3. The quantitative estimate of drug-likeness (QED) is 0.707. The minimum atomic E-state index is 0.157. The van der Waals surface area contributed by atoms with Gasteiger partial charge in [0.25, 0.3) is 0 Å². The summed E-state index contributed by atoms with van der Waals surface area (Å²) in [6, 6.07) is 3.62. The molecule has 5 N–H and O–H groups in total. The van der Waals surface area contributed by atoms with E-state index in [-0.39, 0.29) is 9.98 Å². The van der Waals surface area contributed by atoms with Gasteiger partial charge in [-0.1, -0.05) is 24.4 Å². The van der Waals surface area contributed by atoms with Crippen LogP contribution in [0.4, 0.5) is 0 Å². The summed E-state index contributed by atoms with van der Waals surface area (Å²) >= 11 is 9.81. The van der Waals surface area contributed by atoms with E-state index in [0.717, 1.165) is 5.56 Å². The summed E-state index contributed by atoms with van der Waals surface area (Å²) in [7, 11) is 0. The Morgan fingerprint density at radius 2 is 1.76 bits per heavy atom. The predicted molar refractivity (Wildman–Crippen MR) is 73.6 cm³/mol. The van der Waals surface area contributed by atoms with Gasteiger partial charge in [-0.3, -0.25) is 4.98 Å². The second-order valence-corrected chi connectivity index (χ2v) is 4.15. The van der Waals surface area contributed by atoms with Crippen LogP contribution in [0.3, 0.4) is 0 Å². The van der Waals surface area contributed by atoms with E-state index in [0.29, 0.717) is 17.2 Å². The largest absolute Gasteiger partial charge is 0.388 e. The van der Waals surface area contributed by atoms with Gasteiger partial charge in [0.2, 0.25) is 0 Å². The fraction of sp³-hybridized carbons (Fsp3) is 0. The van der Waals surface area contributed by atoms with Crippen molar-refractivity contribution in [2.24, 2.45) is 11.5 Å². The highest BCUT2D eigenvalue weighted by Gasteiger charge is 2.15. The SMILES string of the molecule is NC(=S)c1nc(-c2ccncc2)[nH]c1C(N)=S. The maximum absolute atomic E-state index is 5.58. The number of hydrogen-bond acceptors (Lipinski definition) is 4. The number of H-pyrrole nitrogens is 1. The first-order valence-corrected chi connectivity index (χ1v) is 5.51. The van der Waals surface area contributed by atoms with Crippen LogP contribution in [0, 0.1) is 0 Å². The van der Waals surface area contributed by atoms with Crippen LogP contribution in [0.1, 0.15) is 11.4 Å². The molecule has 2 heterocycles. The average molecular weight is 263 g/mol. The molecule has 17 heavy (non-hydrogen) atoms. The molecule has 0 unspecified atom stereocenters.